The van der Waals surface area contributed by atoms with Crippen molar-refractivity contribution in [2.45, 2.75) is 6.92 Å². The van der Waals surface area contributed by atoms with Crippen molar-refractivity contribution >= 4 is 39.1 Å². The standard InChI is InChI=1S/C17H15BrN4/c1-12-7-9-14(10-8-12)21-17-19-11-15(18)16(22-17)20-13-5-3-2-4-6-13/h2-11H,1H3,(H2,19,20,21,22). The zero-order valence-electron chi connectivity index (χ0n) is 12.0. The molecule has 2 aromatic carbocycles. The third kappa shape index (κ3) is 3.62. The lowest BCUT2D eigenvalue weighted by molar-refractivity contribution is 1.15. The van der Waals surface area contributed by atoms with Gasteiger partial charge < -0.3 is 10.6 Å². The molecule has 0 aliphatic carbocycles. The van der Waals surface area contributed by atoms with Gasteiger partial charge in [0.05, 0.1) is 4.47 Å². The molecule has 1 heterocycles. The molecule has 1 aromatic heterocycles. The maximum Gasteiger partial charge on any atom is 0.229 e. The smallest absolute Gasteiger partial charge is 0.229 e. The van der Waals surface area contributed by atoms with E-state index in [1.54, 1.807) is 6.20 Å². The van der Waals surface area contributed by atoms with E-state index in [1.165, 1.54) is 5.56 Å². The van der Waals surface area contributed by atoms with Crippen LogP contribution in [0.2, 0.25) is 0 Å². The number of halogens is 1. The van der Waals surface area contributed by atoms with E-state index in [0.717, 1.165) is 21.7 Å². The first-order valence-electron chi connectivity index (χ1n) is 6.89. The number of nitrogens with one attached hydrogen (secondary N) is 2. The van der Waals surface area contributed by atoms with Crippen LogP contribution in [0.15, 0.2) is 65.3 Å². The monoisotopic (exact) mass is 354 g/mol. The predicted molar refractivity (Wildman–Crippen MR) is 93.9 cm³/mol. The minimum absolute atomic E-state index is 0.547. The molecule has 4 nitrogen and oxygen atoms in total. The Morgan fingerprint density at radius 3 is 2.27 bits per heavy atom. The average molecular weight is 355 g/mol. The van der Waals surface area contributed by atoms with Crippen molar-refractivity contribution in [1.29, 1.82) is 0 Å². The predicted octanol–water partition coefficient (Wildman–Crippen LogP) is 5.03. The van der Waals surface area contributed by atoms with Gasteiger partial charge in [0.2, 0.25) is 5.95 Å². The second kappa shape index (κ2) is 6.58. The molecule has 0 aliphatic heterocycles. The van der Waals surface area contributed by atoms with Gasteiger partial charge in [0.25, 0.3) is 0 Å². The van der Waals surface area contributed by atoms with Crippen LogP contribution in [0.25, 0.3) is 0 Å². The summed E-state index contributed by atoms with van der Waals surface area (Å²) < 4.78 is 0.811. The Balaban J connectivity index is 1.81. The van der Waals surface area contributed by atoms with Gasteiger partial charge in [0.15, 0.2) is 0 Å². The van der Waals surface area contributed by atoms with E-state index in [9.17, 15) is 0 Å². The van der Waals surface area contributed by atoms with Crippen LogP contribution in [0.5, 0.6) is 0 Å². The van der Waals surface area contributed by atoms with Crippen molar-refractivity contribution in [3.05, 3.63) is 70.8 Å². The highest BCUT2D eigenvalue weighted by Gasteiger charge is 2.06. The molecule has 0 aliphatic rings. The summed E-state index contributed by atoms with van der Waals surface area (Å²) in [5, 5.41) is 6.47. The van der Waals surface area contributed by atoms with Gasteiger partial charge in [0, 0.05) is 17.6 Å². The zero-order chi connectivity index (χ0) is 15.4. The molecule has 0 bridgehead atoms. The molecule has 0 spiro atoms. The van der Waals surface area contributed by atoms with Gasteiger partial charge in [-0.25, -0.2) is 4.98 Å². The largest absolute Gasteiger partial charge is 0.339 e. The molecular weight excluding hydrogens is 340 g/mol. The van der Waals surface area contributed by atoms with Gasteiger partial charge in [-0.3, -0.25) is 0 Å². The van der Waals surface area contributed by atoms with E-state index in [0.29, 0.717) is 5.95 Å². The van der Waals surface area contributed by atoms with Crippen LogP contribution in [0.1, 0.15) is 5.56 Å². The molecule has 110 valence electrons. The number of nitrogens with zero attached hydrogens (tertiary/aromatic N) is 2. The topological polar surface area (TPSA) is 49.8 Å². The van der Waals surface area contributed by atoms with E-state index < -0.39 is 0 Å². The van der Waals surface area contributed by atoms with E-state index in [-0.39, 0.29) is 0 Å². The van der Waals surface area contributed by atoms with Gasteiger partial charge in [-0.15, -0.1) is 0 Å². The third-order valence-electron chi connectivity index (χ3n) is 3.09. The quantitative estimate of drug-likeness (QED) is 0.689. The molecule has 5 heteroatoms. The maximum atomic E-state index is 4.51. The second-order valence-corrected chi connectivity index (χ2v) is 5.73. The normalized spacial score (nSPS) is 10.3. The van der Waals surface area contributed by atoms with Crippen LogP contribution >= 0.6 is 15.9 Å². The summed E-state index contributed by atoms with van der Waals surface area (Å²) in [5.74, 6) is 1.27. The summed E-state index contributed by atoms with van der Waals surface area (Å²) in [4.78, 5) is 8.79. The van der Waals surface area contributed by atoms with Crippen LogP contribution in [0.3, 0.4) is 0 Å². The highest BCUT2D eigenvalue weighted by atomic mass is 79.9. The summed E-state index contributed by atoms with van der Waals surface area (Å²) >= 11 is 3.47. The SMILES string of the molecule is Cc1ccc(Nc2ncc(Br)c(Nc3ccccc3)n2)cc1. The van der Waals surface area contributed by atoms with E-state index >= 15 is 0 Å². The lowest BCUT2D eigenvalue weighted by Crippen LogP contribution is -2.01. The number of hydrogen-bond acceptors (Lipinski definition) is 4. The van der Waals surface area contributed by atoms with Crippen molar-refractivity contribution in [2.75, 3.05) is 10.6 Å². The van der Waals surface area contributed by atoms with E-state index in [4.69, 9.17) is 0 Å². The Bertz CT molecular complexity index is 757. The molecule has 0 fully saturated rings. The minimum Gasteiger partial charge on any atom is -0.339 e. The first-order valence-corrected chi connectivity index (χ1v) is 7.68. The molecular formula is C17H15BrN4. The first-order chi connectivity index (χ1) is 10.7. The number of benzene rings is 2. The Morgan fingerprint density at radius 1 is 0.864 bits per heavy atom. The number of rotatable bonds is 4. The van der Waals surface area contributed by atoms with Crippen molar-refractivity contribution < 1.29 is 0 Å². The van der Waals surface area contributed by atoms with Crippen molar-refractivity contribution in [3.63, 3.8) is 0 Å². The second-order valence-electron chi connectivity index (χ2n) is 4.87. The lowest BCUT2D eigenvalue weighted by Gasteiger charge is -2.10. The Labute approximate surface area is 137 Å². The highest BCUT2D eigenvalue weighted by Crippen LogP contribution is 2.25. The van der Waals surface area contributed by atoms with Gasteiger partial charge in [-0.2, -0.15) is 4.98 Å². The molecule has 0 saturated carbocycles. The average Bonchev–Trinajstić information content (AvgIpc) is 2.54. The van der Waals surface area contributed by atoms with E-state index in [1.807, 2.05) is 54.6 Å². The Morgan fingerprint density at radius 2 is 1.55 bits per heavy atom. The zero-order valence-corrected chi connectivity index (χ0v) is 13.6. The number of aromatic nitrogens is 2. The lowest BCUT2D eigenvalue weighted by atomic mass is 10.2. The minimum atomic E-state index is 0.547. The van der Waals surface area contributed by atoms with Crippen molar-refractivity contribution in [3.8, 4) is 0 Å². The van der Waals surface area contributed by atoms with E-state index in [2.05, 4.69) is 43.5 Å². The summed E-state index contributed by atoms with van der Waals surface area (Å²) in [6.07, 6.45) is 1.73. The van der Waals surface area contributed by atoms with Crippen LogP contribution in [-0.2, 0) is 0 Å². The molecule has 3 aromatic rings. The molecule has 3 rings (SSSR count). The molecule has 0 radical (unpaired) electrons. The molecule has 0 saturated heterocycles. The highest BCUT2D eigenvalue weighted by molar-refractivity contribution is 9.10. The van der Waals surface area contributed by atoms with Crippen molar-refractivity contribution in [1.82, 2.24) is 9.97 Å². The van der Waals surface area contributed by atoms with Crippen molar-refractivity contribution in [2.24, 2.45) is 0 Å². The maximum absolute atomic E-state index is 4.51. The summed E-state index contributed by atoms with van der Waals surface area (Å²) in [6, 6.07) is 18.0. The van der Waals surface area contributed by atoms with Gasteiger partial charge in [-0.05, 0) is 47.1 Å². The summed E-state index contributed by atoms with van der Waals surface area (Å²) in [5.41, 5.74) is 3.15. The fourth-order valence-corrected chi connectivity index (χ4v) is 2.23. The number of hydrogen-bond donors (Lipinski definition) is 2. The number of aryl methyl sites for hydroxylation is 1. The molecule has 0 atom stereocenters. The fraction of sp³-hybridized carbons (Fsp3) is 0.0588. The van der Waals surface area contributed by atoms with Gasteiger partial charge in [-0.1, -0.05) is 35.9 Å². The van der Waals surface area contributed by atoms with Gasteiger partial charge >= 0.3 is 0 Å². The van der Waals surface area contributed by atoms with Gasteiger partial charge in [0.1, 0.15) is 5.82 Å². The number of anilines is 4. The molecule has 0 unspecified atom stereocenters. The Hall–Kier alpha value is -2.40. The van der Waals surface area contributed by atoms with Crippen LogP contribution in [-0.4, -0.2) is 9.97 Å². The number of para-hydroxylation sites is 1. The molecule has 0 amide bonds. The Kier molecular flexibility index (Phi) is 4.34. The molecule has 2 N–H and O–H groups in total. The summed E-state index contributed by atoms with van der Waals surface area (Å²) in [7, 11) is 0. The fourth-order valence-electron chi connectivity index (χ4n) is 1.94. The van der Waals surface area contributed by atoms with Crippen LogP contribution in [0, 0.1) is 6.92 Å². The molecule has 22 heavy (non-hydrogen) atoms. The van der Waals surface area contributed by atoms with Crippen LogP contribution < -0.4 is 10.6 Å². The first kappa shape index (κ1) is 14.5. The third-order valence-corrected chi connectivity index (χ3v) is 3.67. The van der Waals surface area contributed by atoms with Crippen LogP contribution in [0.4, 0.5) is 23.1 Å². The summed E-state index contributed by atoms with van der Waals surface area (Å²) in [6.45, 7) is 2.06.